The summed E-state index contributed by atoms with van der Waals surface area (Å²) in [5.41, 5.74) is 1.91. The fourth-order valence-electron chi connectivity index (χ4n) is 2.62. The normalized spacial score (nSPS) is 11.1. The Balaban J connectivity index is 2.02. The molecule has 1 aromatic heterocycles. The predicted octanol–water partition coefficient (Wildman–Crippen LogP) is 5.10. The molecule has 1 heterocycles. The van der Waals surface area contributed by atoms with Gasteiger partial charge in [-0.25, -0.2) is 0 Å². The molecule has 100 valence electrons. The molecule has 0 radical (unpaired) electrons. The smallest absolute Gasteiger partial charge is 0.148 e. The van der Waals surface area contributed by atoms with E-state index in [0.29, 0.717) is 5.15 Å². The second kappa shape index (κ2) is 4.83. The predicted molar refractivity (Wildman–Crippen MR) is 87.5 cm³/mol. The average Bonchev–Trinajstić information content (AvgIpc) is 2.55. The maximum Gasteiger partial charge on any atom is 0.159 e. The van der Waals surface area contributed by atoms with Gasteiger partial charge in [-0.15, -0.1) is 10.2 Å². The lowest BCUT2D eigenvalue weighted by molar-refractivity contribution is 1.06. The fraction of sp³-hybridized carbons (Fsp3) is 0. The zero-order chi connectivity index (χ0) is 14.2. The van der Waals surface area contributed by atoms with E-state index >= 15 is 0 Å². The Morgan fingerprint density at radius 3 is 2.24 bits per heavy atom. The van der Waals surface area contributed by atoms with Crippen molar-refractivity contribution in [3.8, 4) is 11.3 Å². The molecule has 0 saturated heterocycles. The third-order valence-electron chi connectivity index (χ3n) is 3.67. The number of hydrogen-bond acceptors (Lipinski definition) is 2. The molecule has 4 aromatic rings. The molecule has 3 aromatic carbocycles. The van der Waals surface area contributed by atoms with Crippen LogP contribution in [0.2, 0.25) is 5.15 Å². The van der Waals surface area contributed by atoms with Crippen LogP contribution in [0.4, 0.5) is 0 Å². The van der Waals surface area contributed by atoms with Crippen molar-refractivity contribution in [2.45, 2.75) is 0 Å². The molecular weight excluding hydrogens is 280 g/mol. The van der Waals surface area contributed by atoms with E-state index in [-0.39, 0.29) is 0 Å². The first-order chi connectivity index (χ1) is 10.3. The van der Waals surface area contributed by atoms with Gasteiger partial charge in [0.1, 0.15) is 5.69 Å². The standard InChI is InChI=1S/C18H11ClN2/c19-18-16-8-4-3-7-15(16)17(20-21-18)14-10-9-12-5-1-2-6-13(12)11-14/h1-11H. The van der Waals surface area contributed by atoms with Crippen LogP contribution >= 0.6 is 11.6 Å². The van der Waals surface area contributed by atoms with Crippen molar-refractivity contribution >= 4 is 33.1 Å². The van der Waals surface area contributed by atoms with Crippen molar-refractivity contribution in [2.75, 3.05) is 0 Å². The molecule has 3 heteroatoms. The molecule has 2 nitrogen and oxygen atoms in total. The molecule has 0 unspecified atom stereocenters. The first kappa shape index (κ1) is 12.3. The highest BCUT2D eigenvalue weighted by molar-refractivity contribution is 6.34. The van der Waals surface area contributed by atoms with E-state index in [1.165, 1.54) is 10.8 Å². The van der Waals surface area contributed by atoms with Gasteiger partial charge in [0.25, 0.3) is 0 Å². The number of rotatable bonds is 1. The Labute approximate surface area is 127 Å². The Bertz CT molecular complexity index is 963. The quantitative estimate of drug-likeness (QED) is 0.487. The van der Waals surface area contributed by atoms with Crippen LogP contribution in [0, 0.1) is 0 Å². The molecule has 0 aliphatic heterocycles. The summed E-state index contributed by atoms with van der Waals surface area (Å²) >= 11 is 6.14. The minimum absolute atomic E-state index is 0.440. The number of halogens is 1. The summed E-state index contributed by atoms with van der Waals surface area (Å²) in [6, 6.07) is 22.6. The number of fused-ring (bicyclic) bond motifs is 2. The maximum absolute atomic E-state index is 6.14. The van der Waals surface area contributed by atoms with Crippen molar-refractivity contribution in [2.24, 2.45) is 0 Å². The van der Waals surface area contributed by atoms with Crippen LogP contribution in [0.15, 0.2) is 66.7 Å². The van der Waals surface area contributed by atoms with Crippen molar-refractivity contribution in [3.05, 3.63) is 71.9 Å². The second-order valence-electron chi connectivity index (χ2n) is 4.95. The Hall–Kier alpha value is -2.45. The summed E-state index contributed by atoms with van der Waals surface area (Å²) in [5.74, 6) is 0. The number of hydrogen-bond donors (Lipinski definition) is 0. The summed E-state index contributed by atoms with van der Waals surface area (Å²) in [5, 5.41) is 13.2. The van der Waals surface area contributed by atoms with Gasteiger partial charge in [-0.05, 0) is 16.8 Å². The Morgan fingerprint density at radius 2 is 1.38 bits per heavy atom. The highest BCUT2D eigenvalue weighted by Crippen LogP contribution is 2.30. The summed E-state index contributed by atoms with van der Waals surface area (Å²) in [7, 11) is 0. The van der Waals surface area contributed by atoms with Crippen molar-refractivity contribution in [1.29, 1.82) is 0 Å². The highest BCUT2D eigenvalue weighted by Gasteiger charge is 2.09. The van der Waals surface area contributed by atoms with Gasteiger partial charge in [0.15, 0.2) is 5.15 Å². The van der Waals surface area contributed by atoms with Gasteiger partial charge in [0.2, 0.25) is 0 Å². The zero-order valence-electron chi connectivity index (χ0n) is 11.1. The Morgan fingerprint density at radius 1 is 0.667 bits per heavy atom. The summed E-state index contributed by atoms with van der Waals surface area (Å²) < 4.78 is 0. The molecule has 21 heavy (non-hydrogen) atoms. The van der Waals surface area contributed by atoms with Crippen LogP contribution in [-0.4, -0.2) is 10.2 Å². The third-order valence-corrected chi connectivity index (χ3v) is 3.94. The SMILES string of the molecule is Clc1nnc(-c2ccc3ccccc3c2)c2ccccc12. The van der Waals surface area contributed by atoms with Gasteiger partial charge in [-0.1, -0.05) is 72.3 Å². The fourth-order valence-corrected chi connectivity index (χ4v) is 2.82. The van der Waals surface area contributed by atoms with Gasteiger partial charge in [-0.2, -0.15) is 0 Å². The maximum atomic E-state index is 6.14. The van der Waals surface area contributed by atoms with Crippen LogP contribution in [0.5, 0.6) is 0 Å². The minimum atomic E-state index is 0.440. The molecule has 0 fully saturated rings. The summed E-state index contributed by atoms with van der Waals surface area (Å²) in [4.78, 5) is 0. The van der Waals surface area contributed by atoms with Crippen molar-refractivity contribution in [3.63, 3.8) is 0 Å². The van der Waals surface area contributed by atoms with Gasteiger partial charge >= 0.3 is 0 Å². The zero-order valence-corrected chi connectivity index (χ0v) is 11.9. The van der Waals surface area contributed by atoms with Crippen LogP contribution in [-0.2, 0) is 0 Å². The average molecular weight is 291 g/mol. The number of nitrogens with zero attached hydrogens (tertiary/aromatic N) is 2. The van der Waals surface area contributed by atoms with Gasteiger partial charge in [0, 0.05) is 16.3 Å². The van der Waals surface area contributed by atoms with Crippen LogP contribution in [0.1, 0.15) is 0 Å². The molecule has 0 atom stereocenters. The molecule has 0 aliphatic carbocycles. The molecule has 0 bridgehead atoms. The van der Waals surface area contributed by atoms with Crippen LogP contribution in [0.3, 0.4) is 0 Å². The first-order valence-electron chi connectivity index (χ1n) is 6.73. The van der Waals surface area contributed by atoms with Crippen LogP contribution < -0.4 is 0 Å². The van der Waals surface area contributed by atoms with Gasteiger partial charge < -0.3 is 0 Å². The molecule has 0 amide bonds. The first-order valence-corrected chi connectivity index (χ1v) is 7.11. The monoisotopic (exact) mass is 290 g/mol. The van der Waals surface area contributed by atoms with E-state index < -0.39 is 0 Å². The van der Waals surface area contributed by atoms with Crippen LogP contribution in [0.25, 0.3) is 32.8 Å². The van der Waals surface area contributed by atoms with Crippen molar-refractivity contribution < 1.29 is 0 Å². The number of aromatic nitrogens is 2. The molecule has 0 N–H and O–H groups in total. The third kappa shape index (κ3) is 2.05. The highest BCUT2D eigenvalue weighted by atomic mass is 35.5. The lowest BCUT2D eigenvalue weighted by Gasteiger charge is -2.07. The lowest BCUT2D eigenvalue weighted by atomic mass is 10.0. The molecule has 0 aliphatic rings. The van der Waals surface area contributed by atoms with E-state index in [4.69, 9.17) is 11.6 Å². The second-order valence-corrected chi connectivity index (χ2v) is 5.30. The molecule has 4 rings (SSSR count). The van der Waals surface area contributed by atoms with E-state index in [9.17, 15) is 0 Å². The summed E-state index contributed by atoms with van der Waals surface area (Å²) in [6.45, 7) is 0. The van der Waals surface area contributed by atoms with E-state index in [1.54, 1.807) is 0 Å². The lowest BCUT2D eigenvalue weighted by Crippen LogP contribution is -1.91. The summed E-state index contributed by atoms with van der Waals surface area (Å²) in [6.07, 6.45) is 0. The topological polar surface area (TPSA) is 25.8 Å². The molecule has 0 spiro atoms. The largest absolute Gasteiger partial charge is 0.159 e. The Kier molecular flexibility index (Phi) is 2.83. The molecule has 0 saturated carbocycles. The van der Waals surface area contributed by atoms with E-state index in [1.807, 2.05) is 36.4 Å². The van der Waals surface area contributed by atoms with Crippen molar-refractivity contribution in [1.82, 2.24) is 10.2 Å². The van der Waals surface area contributed by atoms with Gasteiger partial charge in [0.05, 0.1) is 0 Å². The minimum Gasteiger partial charge on any atom is -0.148 e. The van der Waals surface area contributed by atoms with Gasteiger partial charge in [-0.3, -0.25) is 0 Å². The molecular formula is C18H11ClN2. The van der Waals surface area contributed by atoms with E-state index in [2.05, 4.69) is 40.5 Å². The van der Waals surface area contributed by atoms with E-state index in [0.717, 1.165) is 22.0 Å². The number of benzene rings is 3.